The molecule has 1 saturated heterocycles. The third-order valence-electron chi connectivity index (χ3n) is 4.15. The van der Waals surface area contributed by atoms with E-state index in [4.69, 9.17) is 0 Å². The Morgan fingerprint density at radius 1 is 1.39 bits per heavy atom. The van der Waals surface area contributed by atoms with Crippen LogP contribution in [0.25, 0.3) is 0 Å². The maximum absolute atomic E-state index is 12.6. The first-order valence-corrected chi connectivity index (χ1v) is 7.29. The summed E-state index contributed by atoms with van der Waals surface area (Å²) in [7, 11) is 3.99. The maximum Gasteiger partial charge on any atom is 0.177 e. The van der Waals surface area contributed by atoms with Crippen LogP contribution in [0.3, 0.4) is 0 Å². The van der Waals surface area contributed by atoms with Crippen LogP contribution in [0.1, 0.15) is 39.0 Å². The van der Waals surface area contributed by atoms with E-state index in [1.807, 2.05) is 25.2 Å². The number of piperidine rings is 1. The average molecular weight is 250 g/mol. The highest BCUT2D eigenvalue weighted by Crippen LogP contribution is 2.35. The van der Waals surface area contributed by atoms with Crippen LogP contribution in [0.2, 0.25) is 0 Å². The Balaban J connectivity index is 2.16. The fourth-order valence-corrected chi connectivity index (χ4v) is 3.47. The molecule has 1 saturated carbocycles. The molecule has 0 amide bonds. The van der Waals surface area contributed by atoms with Gasteiger partial charge in [-0.25, -0.2) is 0 Å². The van der Waals surface area contributed by atoms with Gasteiger partial charge in [0, 0.05) is 25.9 Å². The van der Waals surface area contributed by atoms with Crippen LogP contribution in [-0.4, -0.2) is 48.8 Å². The van der Waals surface area contributed by atoms with E-state index < -0.39 is 0 Å². The number of carbonyl (C=O) groups is 1. The molecule has 18 heavy (non-hydrogen) atoms. The molecule has 2 rings (SSSR count). The Hall–Kier alpha value is -0.830. The van der Waals surface area contributed by atoms with E-state index >= 15 is 0 Å². The quantitative estimate of drug-likeness (QED) is 0.718. The minimum Gasteiger partial charge on any atom is -0.383 e. The topological polar surface area (TPSA) is 23.6 Å². The van der Waals surface area contributed by atoms with Gasteiger partial charge in [-0.2, -0.15) is 0 Å². The molecule has 1 heterocycles. The highest BCUT2D eigenvalue weighted by Gasteiger charge is 2.40. The first-order chi connectivity index (χ1) is 8.63. The summed E-state index contributed by atoms with van der Waals surface area (Å²) < 4.78 is 0. The van der Waals surface area contributed by atoms with Crippen LogP contribution in [0, 0.1) is 5.92 Å². The van der Waals surface area contributed by atoms with Gasteiger partial charge in [0.1, 0.15) is 0 Å². The summed E-state index contributed by atoms with van der Waals surface area (Å²) in [6.45, 7) is 4.38. The Labute approximate surface area is 111 Å². The molecule has 0 N–H and O–H groups in total. The number of likely N-dealkylation sites (tertiary alicyclic amines) is 1. The molecule has 3 heteroatoms. The maximum atomic E-state index is 12.6. The van der Waals surface area contributed by atoms with Gasteiger partial charge in [0.15, 0.2) is 5.78 Å². The van der Waals surface area contributed by atoms with E-state index in [-0.39, 0.29) is 6.04 Å². The summed E-state index contributed by atoms with van der Waals surface area (Å²) >= 11 is 0. The van der Waals surface area contributed by atoms with Gasteiger partial charge >= 0.3 is 0 Å². The largest absolute Gasteiger partial charge is 0.383 e. The zero-order chi connectivity index (χ0) is 13.1. The lowest BCUT2D eigenvalue weighted by atomic mass is 9.75. The fraction of sp³-hybridized carbons (Fsp3) is 0.800. The van der Waals surface area contributed by atoms with Crippen molar-refractivity contribution >= 4 is 5.78 Å². The van der Waals surface area contributed by atoms with Gasteiger partial charge in [-0.3, -0.25) is 9.69 Å². The number of hydrogen-bond donors (Lipinski definition) is 0. The summed E-state index contributed by atoms with van der Waals surface area (Å²) in [5.74, 6) is 1.00. The Morgan fingerprint density at radius 3 is 2.83 bits per heavy atom. The van der Waals surface area contributed by atoms with Gasteiger partial charge in [-0.05, 0) is 51.1 Å². The molecule has 3 nitrogen and oxygen atoms in total. The molecular formula is C15H26N2O. The predicted octanol–water partition coefficient (Wildman–Crippen LogP) is 2.29. The molecule has 0 bridgehead atoms. The highest BCUT2D eigenvalue weighted by molar-refractivity contribution is 6.00. The lowest BCUT2D eigenvalue weighted by molar-refractivity contribution is -0.126. The van der Waals surface area contributed by atoms with E-state index in [1.165, 1.54) is 19.3 Å². The number of rotatable bonds is 3. The number of ketones is 1. The second-order valence-electron chi connectivity index (χ2n) is 5.90. The van der Waals surface area contributed by atoms with Crippen molar-refractivity contribution in [3.05, 3.63) is 11.8 Å². The molecular weight excluding hydrogens is 224 g/mol. The number of hydrogen-bond acceptors (Lipinski definition) is 3. The Bertz CT molecular complexity index is 333. The van der Waals surface area contributed by atoms with E-state index in [0.29, 0.717) is 11.7 Å². The van der Waals surface area contributed by atoms with Gasteiger partial charge in [-0.15, -0.1) is 0 Å². The van der Waals surface area contributed by atoms with Gasteiger partial charge in [0.2, 0.25) is 0 Å². The van der Waals surface area contributed by atoms with Crippen molar-refractivity contribution in [2.75, 3.05) is 27.2 Å². The predicted molar refractivity (Wildman–Crippen MR) is 74.4 cm³/mol. The molecule has 1 aliphatic heterocycles. The molecule has 0 radical (unpaired) electrons. The Kier molecular flexibility index (Phi) is 4.44. The number of carbonyl (C=O) groups excluding carboxylic acids is 1. The van der Waals surface area contributed by atoms with Crippen LogP contribution >= 0.6 is 0 Å². The molecule has 2 fully saturated rings. The van der Waals surface area contributed by atoms with Gasteiger partial charge in [0.25, 0.3) is 0 Å². The molecule has 1 aliphatic carbocycles. The monoisotopic (exact) mass is 250 g/mol. The van der Waals surface area contributed by atoms with E-state index in [1.54, 1.807) is 0 Å². The SMILES string of the molecule is CCCN1CCC[C@H]2CCC(=CN(C)C)C(=O)C21. The lowest BCUT2D eigenvalue weighted by Crippen LogP contribution is -2.52. The van der Waals surface area contributed by atoms with E-state index in [9.17, 15) is 4.79 Å². The van der Waals surface area contributed by atoms with Crippen LogP contribution in [0.4, 0.5) is 0 Å². The van der Waals surface area contributed by atoms with Crippen molar-refractivity contribution in [3.63, 3.8) is 0 Å². The van der Waals surface area contributed by atoms with Gasteiger partial charge in [0.05, 0.1) is 6.04 Å². The van der Waals surface area contributed by atoms with Crippen molar-refractivity contribution < 1.29 is 4.79 Å². The van der Waals surface area contributed by atoms with Crippen molar-refractivity contribution in [2.45, 2.75) is 45.1 Å². The van der Waals surface area contributed by atoms with Crippen LogP contribution in [0.15, 0.2) is 11.8 Å². The zero-order valence-corrected chi connectivity index (χ0v) is 12.0. The first-order valence-electron chi connectivity index (χ1n) is 7.29. The normalized spacial score (nSPS) is 31.5. The minimum atomic E-state index is 0.179. The molecule has 0 aromatic carbocycles. The number of Topliss-reactive ketones (excluding diaryl/α,β-unsaturated/α-hetero) is 1. The minimum absolute atomic E-state index is 0.179. The molecule has 2 aliphatic rings. The van der Waals surface area contributed by atoms with Crippen molar-refractivity contribution in [1.82, 2.24) is 9.80 Å². The number of fused-ring (bicyclic) bond motifs is 1. The number of nitrogens with zero attached hydrogens (tertiary/aromatic N) is 2. The first kappa shape index (κ1) is 13.6. The fourth-order valence-electron chi connectivity index (χ4n) is 3.47. The van der Waals surface area contributed by atoms with Gasteiger partial charge in [-0.1, -0.05) is 6.92 Å². The second-order valence-corrected chi connectivity index (χ2v) is 5.90. The summed E-state index contributed by atoms with van der Waals surface area (Å²) in [6, 6.07) is 0.179. The summed E-state index contributed by atoms with van der Waals surface area (Å²) in [5.41, 5.74) is 1.03. The molecule has 102 valence electrons. The van der Waals surface area contributed by atoms with Crippen LogP contribution < -0.4 is 0 Å². The smallest absolute Gasteiger partial charge is 0.177 e. The van der Waals surface area contributed by atoms with Crippen LogP contribution in [-0.2, 0) is 4.79 Å². The molecule has 2 atom stereocenters. The van der Waals surface area contributed by atoms with Crippen molar-refractivity contribution in [2.24, 2.45) is 5.92 Å². The zero-order valence-electron chi connectivity index (χ0n) is 12.0. The van der Waals surface area contributed by atoms with Crippen molar-refractivity contribution in [1.29, 1.82) is 0 Å². The van der Waals surface area contributed by atoms with E-state index in [2.05, 4.69) is 11.8 Å². The summed E-state index contributed by atoms with van der Waals surface area (Å²) in [4.78, 5) is 17.1. The van der Waals surface area contributed by atoms with Crippen molar-refractivity contribution in [3.8, 4) is 0 Å². The average Bonchev–Trinajstić information content (AvgIpc) is 2.33. The van der Waals surface area contributed by atoms with Gasteiger partial charge < -0.3 is 4.90 Å². The molecule has 0 aromatic rings. The van der Waals surface area contributed by atoms with Crippen LogP contribution in [0.5, 0.6) is 0 Å². The Morgan fingerprint density at radius 2 is 2.17 bits per heavy atom. The molecule has 0 spiro atoms. The summed E-state index contributed by atoms with van der Waals surface area (Å²) in [6.07, 6.45) is 7.84. The lowest BCUT2D eigenvalue weighted by Gasteiger charge is -2.43. The van der Waals surface area contributed by atoms with E-state index in [0.717, 1.165) is 31.5 Å². The third kappa shape index (κ3) is 2.77. The summed E-state index contributed by atoms with van der Waals surface area (Å²) in [5, 5.41) is 0. The molecule has 0 aromatic heterocycles. The molecule has 1 unspecified atom stereocenters. The second kappa shape index (κ2) is 5.87. The highest BCUT2D eigenvalue weighted by atomic mass is 16.1. The third-order valence-corrected chi connectivity index (χ3v) is 4.15. The standard InChI is InChI=1S/C15H26N2O/c1-4-9-17-10-5-6-12-7-8-13(11-16(2)3)15(18)14(12)17/h11-12,14H,4-10H2,1-3H3/t12-,14?/m0/s1.